The maximum Gasteiger partial charge on any atom is 0.254 e. The highest BCUT2D eigenvalue weighted by atomic mass is 35.5. The Morgan fingerprint density at radius 3 is 2.47 bits per heavy atom. The first kappa shape index (κ1) is 20.7. The second-order valence-electron chi connectivity index (χ2n) is 8.38. The van der Waals surface area contributed by atoms with E-state index in [1.54, 1.807) is 12.4 Å². The summed E-state index contributed by atoms with van der Waals surface area (Å²) in [5.41, 5.74) is 4.50. The van der Waals surface area contributed by atoms with E-state index in [9.17, 15) is 4.79 Å². The molecule has 4 aromatic rings. The summed E-state index contributed by atoms with van der Waals surface area (Å²) in [4.78, 5) is 24.5. The number of carbonyl (C=O) groups excluding carboxylic acids is 1. The smallest absolute Gasteiger partial charge is 0.254 e. The number of benzene rings is 2. The SMILES string of the molecule is O=C(c1cc(-c2ccncc2)nc2ccc(Cl)cc12)N1CCC(Cc2ccccc2)CC1. The predicted octanol–water partition coefficient (Wildman–Crippen LogP) is 6.05. The quantitative estimate of drug-likeness (QED) is 0.387. The van der Waals surface area contributed by atoms with Crippen molar-refractivity contribution in [3.8, 4) is 11.3 Å². The van der Waals surface area contributed by atoms with E-state index < -0.39 is 0 Å². The molecule has 0 N–H and O–H groups in total. The zero-order valence-electron chi connectivity index (χ0n) is 17.7. The van der Waals surface area contributed by atoms with Gasteiger partial charge in [0.15, 0.2) is 0 Å². The molecule has 160 valence electrons. The molecule has 5 rings (SSSR count). The van der Waals surface area contributed by atoms with E-state index in [1.807, 2.05) is 41.3 Å². The van der Waals surface area contributed by atoms with Gasteiger partial charge in [0, 0.05) is 41.5 Å². The molecule has 1 saturated heterocycles. The Morgan fingerprint density at radius 2 is 1.72 bits per heavy atom. The molecule has 2 aromatic carbocycles. The maximum absolute atomic E-state index is 13.6. The van der Waals surface area contributed by atoms with E-state index in [0.717, 1.165) is 54.5 Å². The molecular weight excluding hydrogens is 418 g/mol. The van der Waals surface area contributed by atoms with Crippen molar-refractivity contribution in [1.29, 1.82) is 0 Å². The summed E-state index contributed by atoms with van der Waals surface area (Å²) in [6.07, 6.45) is 6.58. The van der Waals surface area contributed by atoms with Gasteiger partial charge in [-0.3, -0.25) is 9.78 Å². The van der Waals surface area contributed by atoms with Gasteiger partial charge in [-0.1, -0.05) is 41.9 Å². The van der Waals surface area contributed by atoms with Gasteiger partial charge in [0.25, 0.3) is 5.91 Å². The van der Waals surface area contributed by atoms with Gasteiger partial charge in [0.05, 0.1) is 16.8 Å². The van der Waals surface area contributed by atoms with Crippen LogP contribution in [0.4, 0.5) is 0 Å². The fraction of sp³-hybridized carbons (Fsp3) is 0.222. The van der Waals surface area contributed by atoms with Crippen molar-refractivity contribution in [1.82, 2.24) is 14.9 Å². The zero-order chi connectivity index (χ0) is 21.9. The van der Waals surface area contributed by atoms with Crippen molar-refractivity contribution in [3.05, 3.63) is 95.3 Å². The number of pyridine rings is 2. The molecule has 4 nitrogen and oxygen atoms in total. The Kier molecular flexibility index (Phi) is 5.87. The van der Waals surface area contributed by atoms with Crippen molar-refractivity contribution in [2.45, 2.75) is 19.3 Å². The molecule has 32 heavy (non-hydrogen) atoms. The van der Waals surface area contributed by atoms with Crippen molar-refractivity contribution in [3.63, 3.8) is 0 Å². The number of amides is 1. The lowest BCUT2D eigenvalue weighted by Crippen LogP contribution is -2.39. The highest BCUT2D eigenvalue weighted by molar-refractivity contribution is 6.31. The molecule has 1 amide bonds. The summed E-state index contributed by atoms with van der Waals surface area (Å²) in [6.45, 7) is 1.54. The largest absolute Gasteiger partial charge is 0.339 e. The third-order valence-electron chi connectivity index (χ3n) is 6.25. The molecule has 0 unspecified atom stereocenters. The van der Waals surface area contributed by atoms with Crippen LogP contribution in [-0.4, -0.2) is 33.9 Å². The van der Waals surface area contributed by atoms with E-state index in [0.29, 0.717) is 16.5 Å². The normalized spacial score (nSPS) is 14.6. The van der Waals surface area contributed by atoms with E-state index in [2.05, 4.69) is 35.3 Å². The summed E-state index contributed by atoms with van der Waals surface area (Å²) in [5.74, 6) is 0.658. The molecule has 0 spiro atoms. The third kappa shape index (κ3) is 4.37. The van der Waals surface area contributed by atoms with Crippen LogP contribution in [0.1, 0.15) is 28.8 Å². The van der Waals surface area contributed by atoms with Crippen LogP contribution in [-0.2, 0) is 6.42 Å². The summed E-state index contributed by atoms with van der Waals surface area (Å²) in [7, 11) is 0. The summed E-state index contributed by atoms with van der Waals surface area (Å²) < 4.78 is 0. The van der Waals surface area contributed by atoms with Crippen LogP contribution in [0.3, 0.4) is 0 Å². The van der Waals surface area contributed by atoms with E-state index in [1.165, 1.54) is 5.56 Å². The Bertz CT molecular complexity index is 1240. The molecule has 5 heteroatoms. The van der Waals surface area contributed by atoms with E-state index in [4.69, 9.17) is 16.6 Å². The Balaban J connectivity index is 1.41. The van der Waals surface area contributed by atoms with Crippen LogP contribution in [0.2, 0.25) is 5.02 Å². The lowest BCUT2D eigenvalue weighted by Gasteiger charge is -2.32. The number of fused-ring (bicyclic) bond motifs is 1. The van der Waals surface area contributed by atoms with Crippen molar-refractivity contribution < 1.29 is 4.79 Å². The minimum absolute atomic E-state index is 0.0492. The number of piperidine rings is 1. The standard InChI is InChI=1S/C27H24ClN3O/c28-22-6-7-25-23(17-22)24(18-26(30-25)21-8-12-29-13-9-21)27(32)31-14-10-20(11-15-31)16-19-4-2-1-3-5-19/h1-9,12-13,17-18,20H,10-11,14-16H2. The lowest BCUT2D eigenvalue weighted by atomic mass is 9.90. The first-order valence-corrected chi connectivity index (χ1v) is 11.4. The Hall–Kier alpha value is -3.24. The monoisotopic (exact) mass is 441 g/mol. The Labute approximate surface area is 192 Å². The van der Waals surface area contributed by atoms with E-state index >= 15 is 0 Å². The van der Waals surface area contributed by atoms with Crippen molar-refractivity contribution in [2.24, 2.45) is 5.92 Å². The minimum atomic E-state index is 0.0492. The van der Waals surface area contributed by atoms with Gasteiger partial charge in [-0.25, -0.2) is 4.98 Å². The molecule has 0 aliphatic carbocycles. The molecule has 0 radical (unpaired) electrons. The van der Waals surface area contributed by atoms with Gasteiger partial charge < -0.3 is 4.90 Å². The fourth-order valence-corrected chi connectivity index (χ4v) is 4.68. The van der Waals surface area contributed by atoms with Crippen LogP contribution in [0, 0.1) is 5.92 Å². The summed E-state index contributed by atoms with van der Waals surface area (Å²) in [5, 5.41) is 1.40. The Morgan fingerprint density at radius 1 is 0.969 bits per heavy atom. The number of hydrogen-bond acceptors (Lipinski definition) is 3. The number of likely N-dealkylation sites (tertiary alicyclic amines) is 1. The van der Waals surface area contributed by atoms with Crippen LogP contribution in [0.25, 0.3) is 22.2 Å². The van der Waals surface area contributed by atoms with E-state index in [-0.39, 0.29) is 5.91 Å². The van der Waals surface area contributed by atoms with Gasteiger partial charge in [-0.2, -0.15) is 0 Å². The first-order valence-electron chi connectivity index (χ1n) is 11.0. The molecule has 3 heterocycles. The number of aromatic nitrogens is 2. The average Bonchev–Trinajstić information content (AvgIpc) is 2.85. The highest BCUT2D eigenvalue weighted by Gasteiger charge is 2.25. The molecule has 0 saturated carbocycles. The number of hydrogen-bond donors (Lipinski definition) is 0. The molecule has 2 aromatic heterocycles. The molecule has 1 fully saturated rings. The first-order chi connectivity index (χ1) is 15.7. The molecule has 1 aliphatic rings. The van der Waals surface area contributed by atoms with Crippen LogP contribution < -0.4 is 0 Å². The summed E-state index contributed by atoms with van der Waals surface area (Å²) in [6, 6.07) is 21.9. The number of halogens is 1. The van der Waals surface area contributed by atoms with Gasteiger partial charge in [0.2, 0.25) is 0 Å². The maximum atomic E-state index is 13.6. The molecular formula is C27H24ClN3O. The van der Waals surface area contributed by atoms with Crippen molar-refractivity contribution >= 4 is 28.4 Å². The van der Waals surface area contributed by atoms with Crippen LogP contribution >= 0.6 is 11.6 Å². The molecule has 0 bridgehead atoms. The lowest BCUT2D eigenvalue weighted by molar-refractivity contribution is 0.0692. The van der Waals surface area contributed by atoms with Gasteiger partial charge in [0.1, 0.15) is 0 Å². The second-order valence-corrected chi connectivity index (χ2v) is 8.81. The van der Waals surface area contributed by atoms with Crippen molar-refractivity contribution in [2.75, 3.05) is 13.1 Å². The van der Waals surface area contributed by atoms with Gasteiger partial charge >= 0.3 is 0 Å². The second kappa shape index (κ2) is 9.09. The van der Waals surface area contributed by atoms with Gasteiger partial charge in [-0.15, -0.1) is 0 Å². The highest BCUT2D eigenvalue weighted by Crippen LogP contribution is 2.29. The van der Waals surface area contributed by atoms with Crippen LogP contribution in [0.5, 0.6) is 0 Å². The summed E-state index contributed by atoms with van der Waals surface area (Å²) >= 11 is 6.27. The average molecular weight is 442 g/mol. The predicted molar refractivity (Wildman–Crippen MR) is 129 cm³/mol. The number of carbonyl (C=O) groups is 1. The number of nitrogens with zero attached hydrogens (tertiary/aromatic N) is 3. The molecule has 1 aliphatic heterocycles. The zero-order valence-corrected chi connectivity index (χ0v) is 18.5. The molecule has 0 atom stereocenters. The topological polar surface area (TPSA) is 46.1 Å². The van der Waals surface area contributed by atoms with Gasteiger partial charge in [-0.05, 0) is 67.1 Å². The number of rotatable bonds is 4. The van der Waals surface area contributed by atoms with Crippen LogP contribution in [0.15, 0.2) is 79.1 Å². The third-order valence-corrected chi connectivity index (χ3v) is 6.48. The minimum Gasteiger partial charge on any atom is -0.339 e. The fourth-order valence-electron chi connectivity index (χ4n) is 4.50.